The summed E-state index contributed by atoms with van der Waals surface area (Å²) in [6, 6.07) is 0. The van der Waals surface area contributed by atoms with Gasteiger partial charge >= 0.3 is 0 Å². The summed E-state index contributed by atoms with van der Waals surface area (Å²) < 4.78 is 10.1. The molecule has 3 nitrogen and oxygen atoms in total. The van der Waals surface area contributed by atoms with Gasteiger partial charge in [0, 0.05) is 13.5 Å². The van der Waals surface area contributed by atoms with E-state index in [1.54, 1.807) is 7.11 Å². The van der Waals surface area contributed by atoms with Crippen LogP contribution >= 0.6 is 0 Å². The van der Waals surface area contributed by atoms with Crippen LogP contribution in [0.25, 0.3) is 0 Å². The van der Waals surface area contributed by atoms with E-state index in [9.17, 15) is 4.79 Å². The second-order valence-corrected chi connectivity index (χ2v) is 4.83. The van der Waals surface area contributed by atoms with Gasteiger partial charge < -0.3 is 9.47 Å². The second kappa shape index (κ2) is 4.41. The molecule has 0 radical (unpaired) electrons. The molecule has 0 N–H and O–H groups in total. The van der Waals surface area contributed by atoms with Crippen LogP contribution in [-0.2, 0) is 14.3 Å². The van der Waals surface area contributed by atoms with E-state index >= 15 is 0 Å². The van der Waals surface area contributed by atoms with Crippen LogP contribution in [0.4, 0.5) is 0 Å². The Morgan fingerprint density at radius 3 is 2.71 bits per heavy atom. The van der Waals surface area contributed by atoms with E-state index in [2.05, 4.69) is 20.8 Å². The SMILES string of the molecule is COCOC1C[C@H](C)C(C)(C)CC1=O. The van der Waals surface area contributed by atoms with Gasteiger partial charge in [-0.3, -0.25) is 4.79 Å². The Labute approximate surface area is 85.8 Å². The minimum atomic E-state index is -0.252. The molecule has 1 rings (SSSR count). The molecule has 0 aromatic rings. The summed E-state index contributed by atoms with van der Waals surface area (Å²) in [5.41, 5.74) is 0.115. The fourth-order valence-electron chi connectivity index (χ4n) is 1.82. The Bertz CT molecular complexity index is 211. The number of carbonyl (C=O) groups is 1. The van der Waals surface area contributed by atoms with Crippen molar-refractivity contribution in [3.63, 3.8) is 0 Å². The Hall–Kier alpha value is -0.410. The summed E-state index contributed by atoms with van der Waals surface area (Å²) in [6.07, 6.45) is 1.18. The topological polar surface area (TPSA) is 35.5 Å². The first-order chi connectivity index (χ1) is 6.47. The van der Waals surface area contributed by atoms with Crippen LogP contribution in [0, 0.1) is 11.3 Å². The molecule has 0 heterocycles. The van der Waals surface area contributed by atoms with Crippen LogP contribution in [0.5, 0.6) is 0 Å². The summed E-state index contributed by atoms with van der Waals surface area (Å²) >= 11 is 0. The second-order valence-electron chi connectivity index (χ2n) is 4.83. The molecule has 0 aromatic carbocycles. The van der Waals surface area contributed by atoms with Crippen molar-refractivity contribution in [3.05, 3.63) is 0 Å². The molecule has 1 aliphatic rings. The Morgan fingerprint density at radius 1 is 1.50 bits per heavy atom. The van der Waals surface area contributed by atoms with Gasteiger partial charge in [-0.2, -0.15) is 0 Å². The lowest BCUT2D eigenvalue weighted by Crippen LogP contribution is -2.41. The van der Waals surface area contributed by atoms with Crippen molar-refractivity contribution in [3.8, 4) is 0 Å². The minimum absolute atomic E-state index is 0.115. The van der Waals surface area contributed by atoms with Crippen LogP contribution < -0.4 is 0 Å². The lowest BCUT2D eigenvalue weighted by Gasteiger charge is -2.38. The van der Waals surface area contributed by atoms with E-state index in [0.29, 0.717) is 12.3 Å². The van der Waals surface area contributed by atoms with Gasteiger partial charge in [-0.1, -0.05) is 20.8 Å². The van der Waals surface area contributed by atoms with Crippen LogP contribution in [0.1, 0.15) is 33.6 Å². The molecule has 14 heavy (non-hydrogen) atoms. The molecule has 2 atom stereocenters. The number of hydrogen-bond donors (Lipinski definition) is 0. The van der Waals surface area contributed by atoms with Crippen molar-refractivity contribution in [2.45, 2.75) is 39.7 Å². The maximum Gasteiger partial charge on any atom is 0.162 e. The highest BCUT2D eigenvalue weighted by molar-refractivity contribution is 5.84. The Balaban J connectivity index is 2.54. The van der Waals surface area contributed by atoms with Gasteiger partial charge in [0.05, 0.1) is 0 Å². The number of hydrogen-bond acceptors (Lipinski definition) is 3. The molecule has 3 heteroatoms. The highest BCUT2D eigenvalue weighted by Gasteiger charge is 2.39. The lowest BCUT2D eigenvalue weighted by molar-refractivity contribution is -0.151. The number of rotatable bonds is 3. The van der Waals surface area contributed by atoms with Crippen LogP contribution in [0.3, 0.4) is 0 Å². The molecular weight excluding hydrogens is 180 g/mol. The molecule has 1 unspecified atom stereocenters. The number of Topliss-reactive ketones (excluding diaryl/α,β-unsaturated/α-hetero) is 1. The summed E-state index contributed by atoms with van der Waals surface area (Å²) in [6.45, 7) is 6.67. The fourth-order valence-corrected chi connectivity index (χ4v) is 1.82. The van der Waals surface area contributed by atoms with E-state index in [-0.39, 0.29) is 24.1 Å². The summed E-state index contributed by atoms with van der Waals surface area (Å²) in [4.78, 5) is 11.7. The van der Waals surface area contributed by atoms with E-state index in [0.717, 1.165) is 6.42 Å². The highest BCUT2D eigenvalue weighted by Crippen LogP contribution is 2.39. The molecular formula is C11H20O3. The van der Waals surface area contributed by atoms with Gasteiger partial charge in [-0.05, 0) is 17.8 Å². The number of ether oxygens (including phenoxy) is 2. The van der Waals surface area contributed by atoms with E-state index in [1.807, 2.05) is 0 Å². The molecule has 82 valence electrons. The first-order valence-electron chi connectivity index (χ1n) is 5.10. The van der Waals surface area contributed by atoms with Crippen molar-refractivity contribution >= 4 is 5.78 Å². The summed E-state index contributed by atoms with van der Waals surface area (Å²) in [5, 5.41) is 0. The normalized spacial score (nSPS) is 31.9. The average molecular weight is 200 g/mol. The molecule has 1 saturated carbocycles. The molecule has 0 aliphatic heterocycles. The maximum atomic E-state index is 11.7. The number of methoxy groups -OCH3 is 1. The predicted molar refractivity (Wildman–Crippen MR) is 53.9 cm³/mol. The third-order valence-corrected chi connectivity index (χ3v) is 3.28. The van der Waals surface area contributed by atoms with Gasteiger partial charge in [-0.25, -0.2) is 0 Å². The Kier molecular flexibility index (Phi) is 3.67. The first kappa shape index (κ1) is 11.7. The number of carbonyl (C=O) groups excluding carboxylic acids is 1. The van der Waals surface area contributed by atoms with Gasteiger partial charge in [0.15, 0.2) is 5.78 Å². The number of ketones is 1. The third-order valence-electron chi connectivity index (χ3n) is 3.28. The largest absolute Gasteiger partial charge is 0.359 e. The standard InChI is InChI=1S/C11H20O3/c1-8-5-10(14-7-13-4)9(12)6-11(8,2)3/h8,10H,5-7H2,1-4H3/t8-,10?/m0/s1. The molecule has 0 spiro atoms. The molecule has 0 bridgehead atoms. The highest BCUT2D eigenvalue weighted by atomic mass is 16.7. The van der Waals surface area contributed by atoms with Crippen molar-refractivity contribution < 1.29 is 14.3 Å². The molecule has 1 fully saturated rings. The summed E-state index contributed by atoms with van der Waals surface area (Å²) in [7, 11) is 1.57. The van der Waals surface area contributed by atoms with Crippen molar-refractivity contribution in [1.82, 2.24) is 0 Å². The van der Waals surface area contributed by atoms with Crippen molar-refractivity contribution in [2.75, 3.05) is 13.9 Å². The lowest BCUT2D eigenvalue weighted by atomic mass is 9.68. The van der Waals surface area contributed by atoms with Crippen molar-refractivity contribution in [2.24, 2.45) is 11.3 Å². The van der Waals surface area contributed by atoms with E-state index in [1.165, 1.54) is 0 Å². The molecule has 0 saturated heterocycles. The van der Waals surface area contributed by atoms with Gasteiger partial charge in [0.25, 0.3) is 0 Å². The average Bonchev–Trinajstić information content (AvgIpc) is 2.08. The molecule has 0 amide bonds. The van der Waals surface area contributed by atoms with Gasteiger partial charge in [0.2, 0.25) is 0 Å². The monoisotopic (exact) mass is 200 g/mol. The van der Waals surface area contributed by atoms with Crippen LogP contribution in [0.2, 0.25) is 0 Å². The fraction of sp³-hybridized carbons (Fsp3) is 0.909. The Morgan fingerprint density at radius 2 is 2.14 bits per heavy atom. The quantitative estimate of drug-likeness (QED) is 0.654. The first-order valence-corrected chi connectivity index (χ1v) is 5.10. The maximum absolute atomic E-state index is 11.7. The zero-order valence-electron chi connectivity index (χ0n) is 9.50. The van der Waals surface area contributed by atoms with Gasteiger partial charge in [0.1, 0.15) is 12.9 Å². The van der Waals surface area contributed by atoms with Crippen LogP contribution in [0.15, 0.2) is 0 Å². The smallest absolute Gasteiger partial charge is 0.162 e. The zero-order chi connectivity index (χ0) is 10.8. The molecule has 0 aromatic heterocycles. The predicted octanol–water partition coefficient (Wildman–Crippen LogP) is 2.00. The zero-order valence-corrected chi connectivity index (χ0v) is 9.50. The summed E-state index contributed by atoms with van der Waals surface area (Å²) in [5.74, 6) is 0.729. The van der Waals surface area contributed by atoms with E-state index < -0.39 is 0 Å². The van der Waals surface area contributed by atoms with E-state index in [4.69, 9.17) is 9.47 Å². The minimum Gasteiger partial charge on any atom is -0.359 e. The third kappa shape index (κ3) is 2.55. The van der Waals surface area contributed by atoms with Gasteiger partial charge in [-0.15, -0.1) is 0 Å². The van der Waals surface area contributed by atoms with Crippen molar-refractivity contribution in [1.29, 1.82) is 0 Å². The molecule has 1 aliphatic carbocycles. The van der Waals surface area contributed by atoms with Crippen LogP contribution in [-0.4, -0.2) is 25.8 Å².